The molecular weight excluding hydrogens is 244 g/mol. The molecule has 0 aromatic rings. The summed E-state index contributed by atoms with van der Waals surface area (Å²) in [6.45, 7) is 1.63. The Balaban J connectivity index is 2.46. The summed E-state index contributed by atoms with van der Waals surface area (Å²) in [7, 11) is 0. The van der Waals surface area contributed by atoms with E-state index in [0.717, 1.165) is 0 Å². The quantitative estimate of drug-likeness (QED) is 0.604. The highest BCUT2D eigenvalue weighted by molar-refractivity contribution is 5.83. The number of hydrogen-bond donors (Lipinski definition) is 3. The molecule has 0 aliphatic carbocycles. The Morgan fingerprint density at radius 3 is 2.33 bits per heavy atom. The maximum atomic E-state index is 11.7. The molecule has 1 atom stereocenters. The fraction of sp³-hybridized carbons (Fsp3) is 0.700. The minimum atomic E-state index is -1.24. The maximum absolute atomic E-state index is 11.7. The molecule has 1 aliphatic heterocycles. The largest absolute Gasteiger partial charge is 0.481 e. The average molecular weight is 260 g/mol. The Labute approximate surface area is 104 Å². The van der Waals surface area contributed by atoms with E-state index in [9.17, 15) is 14.4 Å². The van der Waals surface area contributed by atoms with Gasteiger partial charge in [0.1, 0.15) is 6.04 Å². The van der Waals surface area contributed by atoms with E-state index in [4.69, 9.17) is 14.9 Å². The highest BCUT2D eigenvalue weighted by Crippen LogP contribution is 2.02. The molecule has 18 heavy (non-hydrogen) atoms. The van der Waals surface area contributed by atoms with Crippen LogP contribution in [0.1, 0.15) is 12.8 Å². The zero-order chi connectivity index (χ0) is 13.5. The van der Waals surface area contributed by atoms with Crippen LogP contribution < -0.4 is 5.32 Å². The first-order valence-corrected chi connectivity index (χ1v) is 5.58. The molecule has 8 heteroatoms. The number of ether oxygens (including phenoxy) is 1. The van der Waals surface area contributed by atoms with E-state index in [1.165, 1.54) is 4.90 Å². The number of nitrogens with one attached hydrogen (secondary N) is 1. The summed E-state index contributed by atoms with van der Waals surface area (Å²) in [4.78, 5) is 34.4. The molecule has 0 bridgehead atoms. The SMILES string of the molecule is O=C(O)CCC(NC(=O)N1CCOCC1)C(=O)O. The number of hydrogen-bond acceptors (Lipinski definition) is 4. The Kier molecular flexibility index (Phi) is 5.37. The van der Waals surface area contributed by atoms with Crippen LogP contribution in [0.2, 0.25) is 0 Å². The van der Waals surface area contributed by atoms with Gasteiger partial charge in [0.2, 0.25) is 0 Å². The van der Waals surface area contributed by atoms with Gasteiger partial charge in [0.25, 0.3) is 0 Å². The van der Waals surface area contributed by atoms with Crippen LogP contribution >= 0.6 is 0 Å². The van der Waals surface area contributed by atoms with Crippen LogP contribution in [-0.2, 0) is 14.3 Å². The highest BCUT2D eigenvalue weighted by atomic mass is 16.5. The number of nitrogens with zero attached hydrogens (tertiary/aromatic N) is 1. The summed E-state index contributed by atoms with van der Waals surface area (Å²) < 4.78 is 5.07. The van der Waals surface area contributed by atoms with Gasteiger partial charge >= 0.3 is 18.0 Å². The van der Waals surface area contributed by atoms with E-state index in [0.29, 0.717) is 26.3 Å². The number of carboxylic acids is 2. The molecule has 1 rings (SSSR count). The smallest absolute Gasteiger partial charge is 0.326 e. The third kappa shape index (κ3) is 4.58. The predicted octanol–water partition coefficient (Wildman–Crippen LogP) is -0.654. The van der Waals surface area contributed by atoms with Gasteiger partial charge in [-0.25, -0.2) is 9.59 Å². The van der Waals surface area contributed by atoms with Gasteiger partial charge in [-0.05, 0) is 6.42 Å². The van der Waals surface area contributed by atoms with E-state index in [1.807, 2.05) is 0 Å². The topological polar surface area (TPSA) is 116 Å². The monoisotopic (exact) mass is 260 g/mol. The molecule has 1 heterocycles. The third-order valence-electron chi connectivity index (χ3n) is 2.54. The van der Waals surface area contributed by atoms with E-state index in [-0.39, 0.29) is 12.8 Å². The molecule has 0 spiro atoms. The van der Waals surface area contributed by atoms with Gasteiger partial charge in [0, 0.05) is 19.5 Å². The second-order valence-electron chi connectivity index (χ2n) is 3.87. The minimum absolute atomic E-state index is 0.138. The number of amides is 2. The highest BCUT2D eigenvalue weighted by Gasteiger charge is 2.24. The predicted molar refractivity (Wildman–Crippen MR) is 59.2 cm³/mol. The van der Waals surface area contributed by atoms with Gasteiger partial charge < -0.3 is 25.2 Å². The molecule has 1 fully saturated rings. The van der Waals surface area contributed by atoms with Crippen LogP contribution in [0.4, 0.5) is 4.79 Å². The fourth-order valence-electron chi connectivity index (χ4n) is 1.53. The van der Waals surface area contributed by atoms with E-state index in [2.05, 4.69) is 5.32 Å². The van der Waals surface area contributed by atoms with E-state index < -0.39 is 24.0 Å². The number of rotatable bonds is 5. The van der Waals surface area contributed by atoms with Crippen molar-refractivity contribution >= 4 is 18.0 Å². The van der Waals surface area contributed by atoms with Crippen molar-refractivity contribution in [1.82, 2.24) is 10.2 Å². The van der Waals surface area contributed by atoms with Crippen LogP contribution in [0.15, 0.2) is 0 Å². The number of urea groups is 1. The van der Waals surface area contributed by atoms with Gasteiger partial charge in [0.15, 0.2) is 0 Å². The molecular formula is C10H16N2O6. The first kappa shape index (κ1) is 14.2. The zero-order valence-corrected chi connectivity index (χ0v) is 9.79. The van der Waals surface area contributed by atoms with Crippen molar-refractivity contribution in [3.05, 3.63) is 0 Å². The molecule has 1 aliphatic rings. The van der Waals surface area contributed by atoms with Crippen LogP contribution in [0.3, 0.4) is 0 Å². The second kappa shape index (κ2) is 6.80. The summed E-state index contributed by atoms with van der Waals surface area (Å²) in [5.74, 6) is -2.33. The lowest BCUT2D eigenvalue weighted by molar-refractivity contribution is -0.140. The van der Waals surface area contributed by atoms with Gasteiger partial charge in [-0.2, -0.15) is 0 Å². The number of aliphatic carboxylic acids is 2. The Bertz CT molecular complexity index is 326. The lowest BCUT2D eigenvalue weighted by atomic mass is 10.1. The lowest BCUT2D eigenvalue weighted by Gasteiger charge is -2.28. The first-order chi connectivity index (χ1) is 8.50. The normalized spacial score (nSPS) is 17.0. The standard InChI is InChI=1S/C10H16N2O6/c13-8(14)2-1-7(9(15)16)11-10(17)12-3-5-18-6-4-12/h7H,1-6H2,(H,11,17)(H,13,14)(H,15,16). The van der Waals surface area contributed by atoms with Crippen molar-refractivity contribution in [3.8, 4) is 0 Å². The summed E-state index contributed by atoms with van der Waals surface area (Å²) in [5, 5.41) is 19.7. The average Bonchev–Trinajstić information content (AvgIpc) is 2.34. The molecule has 0 saturated carbocycles. The fourth-order valence-corrected chi connectivity index (χ4v) is 1.53. The molecule has 102 valence electrons. The van der Waals surface area contributed by atoms with Crippen LogP contribution in [0.5, 0.6) is 0 Å². The molecule has 2 amide bonds. The van der Waals surface area contributed by atoms with Crippen LogP contribution in [-0.4, -0.2) is 65.4 Å². The Morgan fingerprint density at radius 2 is 1.83 bits per heavy atom. The number of carbonyl (C=O) groups is 3. The van der Waals surface area contributed by atoms with Gasteiger partial charge in [-0.15, -0.1) is 0 Å². The summed E-state index contributed by atoms with van der Waals surface area (Å²) in [5.41, 5.74) is 0. The minimum Gasteiger partial charge on any atom is -0.481 e. The molecule has 8 nitrogen and oxygen atoms in total. The maximum Gasteiger partial charge on any atom is 0.326 e. The van der Waals surface area contributed by atoms with Crippen molar-refractivity contribution in [2.45, 2.75) is 18.9 Å². The van der Waals surface area contributed by atoms with Crippen LogP contribution in [0, 0.1) is 0 Å². The Morgan fingerprint density at radius 1 is 1.22 bits per heavy atom. The second-order valence-corrected chi connectivity index (χ2v) is 3.87. The van der Waals surface area contributed by atoms with Crippen molar-refractivity contribution in [2.75, 3.05) is 26.3 Å². The van der Waals surface area contributed by atoms with Crippen molar-refractivity contribution in [2.24, 2.45) is 0 Å². The van der Waals surface area contributed by atoms with Crippen LogP contribution in [0.25, 0.3) is 0 Å². The number of carboxylic acid groups (broad SMARTS) is 2. The number of morpholine rings is 1. The first-order valence-electron chi connectivity index (χ1n) is 5.58. The number of carbonyl (C=O) groups excluding carboxylic acids is 1. The molecule has 0 aromatic heterocycles. The van der Waals surface area contributed by atoms with Gasteiger partial charge in [0.05, 0.1) is 13.2 Å². The summed E-state index contributed by atoms with van der Waals surface area (Å²) >= 11 is 0. The zero-order valence-electron chi connectivity index (χ0n) is 9.79. The van der Waals surface area contributed by atoms with E-state index in [1.54, 1.807) is 0 Å². The summed E-state index contributed by atoms with van der Waals surface area (Å²) in [6.07, 6.45) is -0.443. The van der Waals surface area contributed by atoms with Crippen molar-refractivity contribution in [1.29, 1.82) is 0 Å². The molecule has 0 aromatic carbocycles. The van der Waals surface area contributed by atoms with Crippen molar-refractivity contribution in [3.63, 3.8) is 0 Å². The van der Waals surface area contributed by atoms with Gasteiger partial charge in [-0.1, -0.05) is 0 Å². The van der Waals surface area contributed by atoms with Gasteiger partial charge in [-0.3, -0.25) is 4.79 Å². The molecule has 3 N–H and O–H groups in total. The molecule has 0 radical (unpaired) electrons. The third-order valence-corrected chi connectivity index (χ3v) is 2.54. The van der Waals surface area contributed by atoms with Crippen molar-refractivity contribution < 1.29 is 29.3 Å². The Hall–Kier alpha value is -1.83. The van der Waals surface area contributed by atoms with E-state index >= 15 is 0 Å². The lowest BCUT2D eigenvalue weighted by Crippen LogP contribution is -2.51. The molecule has 1 unspecified atom stereocenters. The molecule has 1 saturated heterocycles. The summed E-state index contributed by atoms with van der Waals surface area (Å²) in [6, 6.07) is -1.69.